The second kappa shape index (κ2) is 5.13. The molecule has 4 rings (SSSR count). The lowest BCUT2D eigenvalue weighted by atomic mass is 9.92. The Kier molecular flexibility index (Phi) is 3.26. The van der Waals surface area contributed by atoms with Gasteiger partial charge in [-0.25, -0.2) is 0 Å². The number of carbonyl (C=O) groups is 1. The van der Waals surface area contributed by atoms with Crippen LogP contribution in [0.1, 0.15) is 43.2 Å². The van der Waals surface area contributed by atoms with Gasteiger partial charge in [0.2, 0.25) is 5.91 Å². The molecular formula is C18H24N2O. The predicted octanol–water partition coefficient (Wildman–Crippen LogP) is 2.22. The molecule has 1 aromatic rings. The monoisotopic (exact) mass is 284 g/mol. The highest BCUT2D eigenvalue weighted by molar-refractivity contribution is 5.84. The summed E-state index contributed by atoms with van der Waals surface area (Å²) in [5.41, 5.74) is 2.90. The van der Waals surface area contributed by atoms with Crippen molar-refractivity contribution in [3.8, 4) is 0 Å². The quantitative estimate of drug-likeness (QED) is 0.874. The first kappa shape index (κ1) is 13.3. The van der Waals surface area contributed by atoms with Crippen molar-refractivity contribution in [2.75, 3.05) is 6.54 Å². The summed E-state index contributed by atoms with van der Waals surface area (Å²) in [5.74, 6) is 1.63. The molecule has 3 nitrogen and oxygen atoms in total. The first-order valence-corrected chi connectivity index (χ1v) is 8.35. The highest BCUT2D eigenvalue weighted by Gasteiger charge is 2.57. The van der Waals surface area contributed by atoms with E-state index in [1.807, 2.05) is 0 Å². The van der Waals surface area contributed by atoms with Crippen molar-refractivity contribution in [3.63, 3.8) is 0 Å². The van der Waals surface area contributed by atoms with E-state index in [4.69, 9.17) is 0 Å². The molecule has 3 aliphatic rings. The van der Waals surface area contributed by atoms with E-state index in [0.717, 1.165) is 25.8 Å². The van der Waals surface area contributed by atoms with Crippen LogP contribution in [0.3, 0.4) is 0 Å². The molecule has 3 heteroatoms. The Balaban J connectivity index is 1.43. The minimum Gasteiger partial charge on any atom is -0.353 e. The van der Waals surface area contributed by atoms with E-state index >= 15 is 0 Å². The Morgan fingerprint density at radius 2 is 2.14 bits per heavy atom. The van der Waals surface area contributed by atoms with Gasteiger partial charge in [0.25, 0.3) is 0 Å². The van der Waals surface area contributed by atoms with E-state index in [1.54, 1.807) is 0 Å². The molecule has 1 heterocycles. The number of rotatable bonds is 2. The lowest BCUT2D eigenvalue weighted by Crippen LogP contribution is -2.47. The summed E-state index contributed by atoms with van der Waals surface area (Å²) >= 11 is 0. The summed E-state index contributed by atoms with van der Waals surface area (Å²) < 4.78 is 0. The molecule has 2 N–H and O–H groups in total. The lowest BCUT2D eigenvalue weighted by molar-refractivity contribution is -0.123. The minimum absolute atomic E-state index is 0.235. The molecule has 21 heavy (non-hydrogen) atoms. The van der Waals surface area contributed by atoms with Crippen LogP contribution in [0.5, 0.6) is 0 Å². The molecule has 5 atom stereocenters. The van der Waals surface area contributed by atoms with Crippen molar-refractivity contribution in [2.45, 2.75) is 50.6 Å². The molecule has 1 saturated carbocycles. The maximum Gasteiger partial charge on any atom is 0.224 e. The van der Waals surface area contributed by atoms with Crippen LogP contribution in [0.15, 0.2) is 24.3 Å². The molecule has 0 bridgehead atoms. The highest BCUT2D eigenvalue weighted by Crippen LogP contribution is 2.59. The van der Waals surface area contributed by atoms with Gasteiger partial charge in [0.1, 0.15) is 0 Å². The average Bonchev–Trinajstić information content (AvgIpc) is 3.22. The fraction of sp³-hybridized carbons (Fsp3) is 0.611. The van der Waals surface area contributed by atoms with Crippen LogP contribution in [0, 0.1) is 11.8 Å². The van der Waals surface area contributed by atoms with Crippen LogP contribution in [-0.2, 0) is 11.2 Å². The Morgan fingerprint density at radius 3 is 3.00 bits per heavy atom. The van der Waals surface area contributed by atoms with Crippen molar-refractivity contribution in [2.24, 2.45) is 11.8 Å². The third kappa shape index (κ3) is 2.38. The summed E-state index contributed by atoms with van der Waals surface area (Å²) in [6.45, 7) is 3.22. The number of benzene rings is 1. The van der Waals surface area contributed by atoms with Gasteiger partial charge < -0.3 is 10.6 Å². The van der Waals surface area contributed by atoms with E-state index in [1.165, 1.54) is 17.5 Å². The van der Waals surface area contributed by atoms with Gasteiger partial charge in [0, 0.05) is 18.0 Å². The van der Waals surface area contributed by atoms with Crippen LogP contribution in [0.2, 0.25) is 0 Å². The van der Waals surface area contributed by atoms with Crippen LogP contribution < -0.4 is 10.6 Å². The second-order valence-corrected chi connectivity index (χ2v) is 7.04. The Bertz CT molecular complexity index is 556. The smallest absolute Gasteiger partial charge is 0.224 e. The fourth-order valence-electron chi connectivity index (χ4n) is 4.48. The van der Waals surface area contributed by atoms with Gasteiger partial charge in [-0.2, -0.15) is 0 Å². The van der Waals surface area contributed by atoms with Crippen LogP contribution in [0.25, 0.3) is 0 Å². The third-order valence-electron chi connectivity index (χ3n) is 5.60. The molecule has 0 aromatic heterocycles. The van der Waals surface area contributed by atoms with E-state index in [2.05, 4.69) is 41.8 Å². The largest absolute Gasteiger partial charge is 0.353 e. The number of amides is 1. The number of nitrogens with one attached hydrogen (secondary N) is 2. The van der Waals surface area contributed by atoms with E-state index in [0.29, 0.717) is 29.8 Å². The van der Waals surface area contributed by atoms with Crippen LogP contribution in [0.4, 0.5) is 0 Å². The zero-order valence-electron chi connectivity index (χ0n) is 12.6. The molecule has 1 saturated heterocycles. The van der Waals surface area contributed by atoms with Crippen molar-refractivity contribution in [3.05, 3.63) is 35.4 Å². The molecule has 1 aromatic carbocycles. The Morgan fingerprint density at radius 1 is 1.29 bits per heavy atom. The molecule has 0 spiro atoms. The number of fused-ring (bicyclic) bond motifs is 3. The van der Waals surface area contributed by atoms with Gasteiger partial charge in [0.05, 0.1) is 0 Å². The van der Waals surface area contributed by atoms with Crippen molar-refractivity contribution >= 4 is 5.91 Å². The number of hydrogen-bond donors (Lipinski definition) is 2. The predicted molar refractivity (Wildman–Crippen MR) is 83.1 cm³/mol. The lowest BCUT2D eigenvalue weighted by Gasteiger charge is -2.28. The van der Waals surface area contributed by atoms with Gasteiger partial charge in [-0.15, -0.1) is 0 Å². The second-order valence-electron chi connectivity index (χ2n) is 7.04. The minimum atomic E-state index is 0.235. The summed E-state index contributed by atoms with van der Waals surface area (Å²) in [6.07, 6.45) is 4.45. The number of aryl methyl sites for hydroxylation is 1. The topological polar surface area (TPSA) is 41.1 Å². The summed E-state index contributed by atoms with van der Waals surface area (Å²) in [4.78, 5) is 12.6. The number of carbonyl (C=O) groups excluding carboxylic acids is 1. The zero-order valence-corrected chi connectivity index (χ0v) is 12.6. The summed E-state index contributed by atoms with van der Waals surface area (Å²) in [7, 11) is 0. The van der Waals surface area contributed by atoms with Gasteiger partial charge in [0.15, 0.2) is 0 Å². The van der Waals surface area contributed by atoms with Crippen LogP contribution >= 0.6 is 0 Å². The maximum atomic E-state index is 12.6. The number of piperidine rings is 1. The molecule has 112 valence electrons. The van der Waals surface area contributed by atoms with Gasteiger partial charge in [-0.3, -0.25) is 4.79 Å². The Labute approximate surface area is 126 Å². The average molecular weight is 284 g/mol. The van der Waals surface area contributed by atoms with Crippen LogP contribution in [-0.4, -0.2) is 24.5 Å². The standard InChI is InChI=1S/C18H24N2O/c1-11-10-13(8-9-19-11)20-18(21)17-15-7-6-12-4-2-3-5-14(12)16(15)17/h2-5,11,13,15-17,19H,6-10H2,1H3,(H,20,21). The normalized spacial score (nSPS) is 37.3. The van der Waals surface area contributed by atoms with Gasteiger partial charge in [-0.1, -0.05) is 24.3 Å². The van der Waals surface area contributed by atoms with E-state index in [-0.39, 0.29) is 5.92 Å². The first-order valence-electron chi connectivity index (χ1n) is 8.35. The molecule has 2 fully saturated rings. The summed E-state index contributed by atoms with van der Waals surface area (Å²) in [6, 6.07) is 9.58. The van der Waals surface area contributed by atoms with E-state index in [9.17, 15) is 4.79 Å². The highest BCUT2D eigenvalue weighted by atomic mass is 16.2. The van der Waals surface area contributed by atoms with Crippen molar-refractivity contribution in [1.82, 2.24) is 10.6 Å². The van der Waals surface area contributed by atoms with Gasteiger partial charge >= 0.3 is 0 Å². The van der Waals surface area contributed by atoms with Crippen molar-refractivity contribution in [1.29, 1.82) is 0 Å². The molecule has 1 aliphatic heterocycles. The SMILES string of the molecule is CC1CC(NC(=O)C2C3CCc4ccccc4C32)CCN1. The van der Waals surface area contributed by atoms with E-state index < -0.39 is 0 Å². The molecule has 5 unspecified atom stereocenters. The molecule has 1 amide bonds. The Hall–Kier alpha value is -1.35. The van der Waals surface area contributed by atoms with Gasteiger partial charge in [-0.05, 0) is 62.1 Å². The third-order valence-corrected chi connectivity index (χ3v) is 5.60. The van der Waals surface area contributed by atoms with Crippen molar-refractivity contribution < 1.29 is 4.79 Å². The molecule has 0 radical (unpaired) electrons. The number of hydrogen-bond acceptors (Lipinski definition) is 2. The molecule has 2 aliphatic carbocycles. The summed E-state index contributed by atoms with van der Waals surface area (Å²) in [5, 5.41) is 6.76. The zero-order chi connectivity index (χ0) is 14.4. The first-order chi connectivity index (χ1) is 10.2. The molecular weight excluding hydrogens is 260 g/mol. The maximum absolute atomic E-state index is 12.6. The fourth-order valence-corrected chi connectivity index (χ4v) is 4.48.